The van der Waals surface area contributed by atoms with Crippen molar-refractivity contribution in [2.24, 2.45) is 5.92 Å². The molecule has 0 fully saturated rings. The van der Waals surface area contributed by atoms with Crippen LogP contribution in [0.1, 0.15) is 6.92 Å². The molecule has 1 N–H and O–H groups in total. The topological polar surface area (TPSA) is 41.0 Å². The maximum absolute atomic E-state index is 4.19. The van der Waals surface area contributed by atoms with Crippen molar-refractivity contribution in [1.82, 2.24) is 15.3 Å². The van der Waals surface area contributed by atoms with Crippen LogP contribution in [0.25, 0.3) is 0 Å². The summed E-state index contributed by atoms with van der Waals surface area (Å²) in [6.45, 7) is 4.24. The molecule has 1 aromatic rings. The van der Waals surface area contributed by atoms with E-state index in [2.05, 4.69) is 34.2 Å². The summed E-state index contributed by atoms with van der Waals surface area (Å²) in [5.74, 6) is 1.59. The van der Waals surface area contributed by atoms with Crippen LogP contribution in [0.2, 0.25) is 0 Å². The fraction of sp³-hybridized carbons (Fsp3) is 0.600. The van der Waals surface area contributed by atoms with Gasteiger partial charge in [0.2, 0.25) is 0 Å². The summed E-state index contributed by atoms with van der Waals surface area (Å²) >= 11 is 0. The largest absolute Gasteiger partial charge is 0.359 e. The standard InChI is InChI=1S/C10H18N4/c1-9(6-11-2)7-14(3)10-4-5-12-8-13-10/h4-5,8-9,11H,6-7H2,1-3H3. The molecule has 1 atom stereocenters. The third kappa shape index (κ3) is 3.30. The van der Waals surface area contributed by atoms with Gasteiger partial charge in [0, 0.05) is 19.8 Å². The minimum absolute atomic E-state index is 0.611. The Morgan fingerprint density at radius 2 is 2.36 bits per heavy atom. The monoisotopic (exact) mass is 194 g/mol. The number of hydrogen-bond donors (Lipinski definition) is 1. The molecule has 0 bridgehead atoms. The highest BCUT2D eigenvalue weighted by Gasteiger charge is 2.06. The number of hydrogen-bond acceptors (Lipinski definition) is 4. The van der Waals surface area contributed by atoms with Crippen LogP contribution in [-0.2, 0) is 0 Å². The molecule has 4 heteroatoms. The Bertz CT molecular complexity index is 250. The molecule has 0 saturated heterocycles. The fourth-order valence-electron chi connectivity index (χ4n) is 1.48. The Labute approximate surface area is 85.4 Å². The summed E-state index contributed by atoms with van der Waals surface area (Å²) in [4.78, 5) is 10.2. The van der Waals surface area contributed by atoms with Gasteiger partial charge in [0.25, 0.3) is 0 Å². The summed E-state index contributed by atoms with van der Waals surface area (Å²) in [7, 11) is 4.02. The number of aromatic nitrogens is 2. The summed E-state index contributed by atoms with van der Waals surface area (Å²) in [6.07, 6.45) is 3.34. The lowest BCUT2D eigenvalue weighted by Crippen LogP contribution is -2.30. The highest BCUT2D eigenvalue weighted by Crippen LogP contribution is 2.07. The van der Waals surface area contributed by atoms with E-state index >= 15 is 0 Å². The Hall–Kier alpha value is -1.16. The van der Waals surface area contributed by atoms with Crippen molar-refractivity contribution in [3.8, 4) is 0 Å². The Kier molecular flexibility index (Phi) is 4.32. The molecule has 1 rings (SSSR count). The molecule has 0 saturated carbocycles. The van der Waals surface area contributed by atoms with Gasteiger partial charge in [-0.15, -0.1) is 0 Å². The summed E-state index contributed by atoms with van der Waals surface area (Å²) < 4.78 is 0. The molecule has 0 radical (unpaired) electrons. The van der Waals surface area contributed by atoms with Crippen molar-refractivity contribution in [2.75, 3.05) is 32.1 Å². The highest BCUT2D eigenvalue weighted by atomic mass is 15.2. The van der Waals surface area contributed by atoms with Crippen LogP contribution in [0, 0.1) is 5.92 Å². The first-order valence-corrected chi connectivity index (χ1v) is 4.85. The van der Waals surface area contributed by atoms with Gasteiger partial charge in [-0.1, -0.05) is 6.92 Å². The van der Waals surface area contributed by atoms with E-state index in [1.54, 1.807) is 12.5 Å². The SMILES string of the molecule is CNCC(C)CN(C)c1ccncn1. The van der Waals surface area contributed by atoms with Crippen molar-refractivity contribution in [2.45, 2.75) is 6.92 Å². The molecule has 0 aliphatic carbocycles. The quantitative estimate of drug-likeness (QED) is 0.751. The van der Waals surface area contributed by atoms with Crippen LogP contribution in [0.15, 0.2) is 18.6 Å². The maximum atomic E-state index is 4.19. The van der Waals surface area contributed by atoms with E-state index in [-0.39, 0.29) is 0 Å². The Morgan fingerprint density at radius 3 is 2.93 bits per heavy atom. The van der Waals surface area contributed by atoms with Crippen molar-refractivity contribution in [3.63, 3.8) is 0 Å². The van der Waals surface area contributed by atoms with E-state index in [1.807, 2.05) is 13.1 Å². The Morgan fingerprint density at radius 1 is 1.57 bits per heavy atom. The smallest absolute Gasteiger partial charge is 0.131 e. The molecule has 4 nitrogen and oxygen atoms in total. The molecule has 0 aromatic carbocycles. The van der Waals surface area contributed by atoms with Crippen LogP contribution in [-0.4, -0.2) is 37.2 Å². The number of rotatable bonds is 5. The minimum Gasteiger partial charge on any atom is -0.359 e. The second-order valence-corrected chi connectivity index (χ2v) is 3.61. The lowest BCUT2D eigenvalue weighted by molar-refractivity contribution is 0.540. The minimum atomic E-state index is 0.611. The fourth-order valence-corrected chi connectivity index (χ4v) is 1.48. The maximum Gasteiger partial charge on any atom is 0.131 e. The van der Waals surface area contributed by atoms with Crippen LogP contribution < -0.4 is 10.2 Å². The van der Waals surface area contributed by atoms with Gasteiger partial charge in [-0.3, -0.25) is 0 Å². The van der Waals surface area contributed by atoms with Gasteiger partial charge in [0.15, 0.2) is 0 Å². The number of nitrogens with zero attached hydrogens (tertiary/aromatic N) is 3. The number of nitrogens with one attached hydrogen (secondary N) is 1. The summed E-state index contributed by atoms with van der Waals surface area (Å²) in [5, 5.41) is 3.16. The van der Waals surface area contributed by atoms with Gasteiger partial charge < -0.3 is 10.2 Å². The van der Waals surface area contributed by atoms with Crippen LogP contribution in [0.4, 0.5) is 5.82 Å². The van der Waals surface area contributed by atoms with Crippen molar-refractivity contribution < 1.29 is 0 Å². The number of anilines is 1. The lowest BCUT2D eigenvalue weighted by atomic mass is 10.2. The van der Waals surface area contributed by atoms with E-state index in [4.69, 9.17) is 0 Å². The van der Waals surface area contributed by atoms with Gasteiger partial charge in [-0.05, 0) is 25.6 Å². The molecular formula is C10H18N4. The molecule has 0 spiro atoms. The summed E-state index contributed by atoms with van der Waals surface area (Å²) in [6, 6.07) is 1.92. The van der Waals surface area contributed by atoms with Gasteiger partial charge in [-0.25, -0.2) is 9.97 Å². The molecule has 0 aliphatic rings. The van der Waals surface area contributed by atoms with Gasteiger partial charge in [-0.2, -0.15) is 0 Å². The molecule has 0 amide bonds. The van der Waals surface area contributed by atoms with Crippen molar-refractivity contribution in [1.29, 1.82) is 0 Å². The molecule has 1 unspecified atom stereocenters. The van der Waals surface area contributed by atoms with Crippen LogP contribution in [0.3, 0.4) is 0 Å². The van der Waals surface area contributed by atoms with Gasteiger partial charge >= 0.3 is 0 Å². The first-order chi connectivity index (χ1) is 6.74. The zero-order valence-corrected chi connectivity index (χ0v) is 9.07. The van der Waals surface area contributed by atoms with E-state index in [9.17, 15) is 0 Å². The third-order valence-corrected chi connectivity index (χ3v) is 2.10. The van der Waals surface area contributed by atoms with Crippen molar-refractivity contribution in [3.05, 3.63) is 18.6 Å². The van der Waals surface area contributed by atoms with Gasteiger partial charge in [0.05, 0.1) is 0 Å². The van der Waals surface area contributed by atoms with E-state index in [0.717, 1.165) is 18.9 Å². The third-order valence-electron chi connectivity index (χ3n) is 2.10. The predicted octanol–water partition coefficient (Wildman–Crippen LogP) is 0.768. The average molecular weight is 194 g/mol. The first kappa shape index (κ1) is 10.9. The molecule has 78 valence electrons. The first-order valence-electron chi connectivity index (χ1n) is 4.85. The Balaban J connectivity index is 2.46. The highest BCUT2D eigenvalue weighted by molar-refractivity contribution is 5.34. The second-order valence-electron chi connectivity index (χ2n) is 3.61. The molecule has 1 aromatic heterocycles. The van der Waals surface area contributed by atoms with E-state index < -0.39 is 0 Å². The molecular weight excluding hydrogens is 176 g/mol. The molecule has 14 heavy (non-hydrogen) atoms. The molecule has 1 heterocycles. The lowest BCUT2D eigenvalue weighted by Gasteiger charge is -2.21. The summed E-state index contributed by atoms with van der Waals surface area (Å²) in [5.41, 5.74) is 0. The van der Waals surface area contributed by atoms with Crippen LogP contribution in [0.5, 0.6) is 0 Å². The van der Waals surface area contributed by atoms with E-state index in [1.165, 1.54) is 0 Å². The van der Waals surface area contributed by atoms with Gasteiger partial charge in [0.1, 0.15) is 12.1 Å². The predicted molar refractivity (Wildman–Crippen MR) is 58.4 cm³/mol. The van der Waals surface area contributed by atoms with Crippen molar-refractivity contribution >= 4 is 5.82 Å². The van der Waals surface area contributed by atoms with Crippen LogP contribution >= 0.6 is 0 Å². The zero-order valence-electron chi connectivity index (χ0n) is 9.07. The zero-order chi connectivity index (χ0) is 10.4. The molecule has 0 aliphatic heterocycles. The normalized spacial score (nSPS) is 12.5. The second kappa shape index (κ2) is 5.54. The van der Waals surface area contributed by atoms with E-state index in [0.29, 0.717) is 5.92 Å². The average Bonchev–Trinajstić information content (AvgIpc) is 2.19.